The van der Waals surface area contributed by atoms with Crippen LogP contribution in [0, 0.1) is 6.92 Å². The summed E-state index contributed by atoms with van der Waals surface area (Å²) in [7, 11) is 1.88. The second-order valence-corrected chi connectivity index (χ2v) is 10.2. The van der Waals surface area contributed by atoms with Crippen molar-refractivity contribution in [1.82, 2.24) is 14.8 Å². The molecule has 0 saturated heterocycles. The molecule has 172 valence electrons. The van der Waals surface area contributed by atoms with Gasteiger partial charge in [0.1, 0.15) is 12.4 Å². The lowest BCUT2D eigenvalue weighted by Gasteiger charge is -2.31. The molecule has 0 saturated carbocycles. The van der Waals surface area contributed by atoms with E-state index in [1.807, 2.05) is 85.3 Å². The molecule has 1 aliphatic heterocycles. The van der Waals surface area contributed by atoms with Crippen LogP contribution in [0.1, 0.15) is 11.4 Å². The molecule has 0 spiro atoms. The largest absolute Gasteiger partial charge is 0.486 e. The number of carbonyl (C=O) groups is 1. The highest BCUT2D eigenvalue weighted by atomic mass is 35.5. The lowest BCUT2D eigenvalue weighted by molar-refractivity contribution is -0.115. The number of benzene rings is 3. The summed E-state index contributed by atoms with van der Waals surface area (Å²) in [5, 5.41) is 9.75. The van der Waals surface area contributed by atoms with Gasteiger partial charge < -0.3 is 9.30 Å². The molecule has 0 aliphatic carbocycles. The maximum atomic E-state index is 13.4. The number of hydrogen-bond donors (Lipinski definition) is 0. The fourth-order valence-corrected chi connectivity index (χ4v) is 5.55. The number of rotatable bonds is 6. The number of aryl methyl sites for hydroxylation is 1. The SMILES string of the molecule is Cc1ccc(OCc2nnc(SCC(=O)N3c4ccccc4Sc4ccc(Cl)cc43)n2C)cc1. The Labute approximate surface area is 211 Å². The van der Waals surface area contributed by atoms with Crippen molar-refractivity contribution in [2.75, 3.05) is 10.7 Å². The Bertz CT molecular complexity index is 1360. The van der Waals surface area contributed by atoms with Crippen LogP contribution < -0.4 is 9.64 Å². The van der Waals surface area contributed by atoms with Gasteiger partial charge >= 0.3 is 0 Å². The summed E-state index contributed by atoms with van der Waals surface area (Å²) in [4.78, 5) is 17.2. The van der Waals surface area contributed by atoms with Crippen molar-refractivity contribution in [3.8, 4) is 5.75 Å². The average Bonchev–Trinajstić information content (AvgIpc) is 3.20. The molecule has 4 aromatic rings. The number of carbonyl (C=O) groups excluding carboxylic acids is 1. The van der Waals surface area contributed by atoms with Crippen LogP contribution in [-0.2, 0) is 18.4 Å². The first kappa shape index (κ1) is 22.8. The Morgan fingerprint density at radius 3 is 2.62 bits per heavy atom. The van der Waals surface area contributed by atoms with Crippen molar-refractivity contribution in [1.29, 1.82) is 0 Å². The number of amides is 1. The summed E-state index contributed by atoms with van der Waals surface area (Å²) in [5.74, 6) is 1.61. The number of para-hydroxylation sites is 1. The molecule has 6 nitrogen and oxygen atoms in total. The summed E-state index contributed by atoms with van der Waals surface area (Å²) < 4.78 is 7.69. The van der Waals surface area contributed by atoms with Gasteiger partial charge in [-0.1, -0.05) is 65.0 Å². The fraction of sp³-hybridized carbons (Fsp3) is 0.160. The van der Waals surface area contributed by atoms with E-state index < -0.39 is 0 Å². The number of fused-ring (bicyclic) bond motifs is 2. The van der Waals surface area contributed by atoms with Crippen molar-refractivity contribution in [2.24, 2.45) is 7.05 Å². The van der Waals surface area contributed by atoms with Crippen molar-refractivity contribution in [2.45, 2.75) is 28.5 Å². The number of anilines is 2. The zero-order valence-electron chi connectivity index (χ0n) is 18.6. The van der Waals surface area contributed by atoms with Crippen LogP contribution in [0.25, 0.3) is 0 Å². The highest BCUT2D eigenvalue weighted by molar-refractivity contribution is 8.00. The zero-order chi connectivity index (χ0) is 23.7. The van der Waals surface area contributed by atoms with Gasteiger partial charge in [-0.05, 0) is 49.4 Å². The van der Waals surface area contributed by atoms with E-state index in [0.717, 1.165) is 26.9 Å². The maximum Gasteiger partial charge on any atom is 0.242 e. The predicted octanol–water partition coefficient (Wildman–Crippen LogP) is 6.28. The van der Waals surface area contributed by atoms with Crippen LogP contribution in [0.4, 0.5) is 11.4 Å². The van der Waals surface area contributed by atoms with E-state index in [-0.39, 0.29) is 11.7 Å². The number of nitrogens with zero attached hydrogens (tertiary/aromatic N) is 4. The molecule has 0 unspecified atom stereocenters. The predicted molar refractivity (Wildman–Crippen MR) is 136 cm³/mol. The lowest BCUT2D eigenvalue weighted by Crippen LogP contribution is -2.30. The molecule has 0 fully saturated rings. The molecule has 1 aliphatic rings. The van der Waals surface area contributed by atoms with Gasteiger partial charge in [-0.3, -0.25) is 9.69 Å². The third kappa shape index (κ3) is 4.66. The lowest BCUT2D eigenvalue weighted by atomic mass is 10.2. The van der Waals surface area contributed by atoms with Crippen LogP contribution in [0.3, 0.4) is 0 Å². The van der Waals surface area contributed by atoms with Gasteiger partial charge in [0.25, 0.3) is 0 Å². The molecule has 1 amide bonds. The Hall–Kier alpha value is -2.94. The molecule has 34 heavy (non-hydrogen) atoms. The van der Waals surface area contributed by atoms with Gasteiger partial charge in [0, 0.05) is 21.9 Å². The van der Waals surface area contributed by atoms with Crippen LogP contribution in [0.5, 0.6) is 5.75 Å². The van der Waals surface area contributed by atoms with Gasteiger partial charge in [0.05, 0.1) is 17.1 Å². The Morgan fingerprint density at radius 1 is 1.03 bits per heavy atom. The molecule has 2 heterocycles. The number of halogens is 1. The molecule has 5 rings (SSSR count). The first-order valence-electron chi connectivity index (χ1n) is 10.6. The Kier molecular flexibility index (Phi) is 6.54. The standard InChI is InChI=1S/C25H21ClN4O2S2/c1-16-7-10-18(11-8-16)32-14-23-27-28-25(29(23)2)33-15-24(31)30-19-5-3-4-6-21(19)34-22-12-9-17(26)13-20(22)30/h3-13H,14-15H2,1-2H3. The van der Waals surface area contributed by atoms with Crippen molar-refractivity contribution < 1.29 is 9.53 Å². The summed E-state index contributed by atoms with van der Waals surface area (Å²) in [5.41, 5.74) is 2.83. The van der Waals surface area contributed by atoms with Gasteiger partial charge in [-0.2, -0.15) is 0 Å². The van der Waals surface area contributed by atoms with Gasteiger partial charge in [0.15, 0.2) is 11.0 Å². The molecular weight excluding hydrogens is 488 g/mol. The summed E-state index contributed by atoms with van der Waals surface area (Å²) in [6.07, 6.45) is 0. The number of thioether (sulfide) groups is 1. The molecule has 3 aromatic carbocycles. The summed E-state index contributed by atoms with van der Waals surface area (Å²) in [6.45, 7) is 2.33. The molecular formula is C25H21ClN4O2S2. The fourth-order valence-electron chi connectivity index (χ4n) is 3.57. The minimum atomic E-state index is -0.0540. The van der Waals surface area contributed by atoms with Crippen molar-refractivity contribution >= 4 is 52.4 Å². The van der Waals surface area contributed by atoms with Crippen LogP contribution in [0.15, 0.2) is 81.7 Å². The highest BCUT2D eigenvalue weighted by Gasteiger charge is 2.28. The van der Waals surface area contributed by atoms with Gasteiger partial charge in [0.2, 0.25) is 5.91 Å². The maximum absolute atomic E-state index is 13.4. The molecule has 9 heteroatoms. The quantitative estimate of drug-likeness (QED) is 0.286. The average molecular weight is 509 g/mol. The number of ether oxygens (including phenoxy) is 1. The van der Waals surface area contributed by atoms with E-state index >= 15 is 0 Å². The summed E-state index contributed by atoms with van der Waals surface area (Å²) >= 11 is 9.25. The first-order chi connectivity index (χ1) is 16.5. The van der Waals surface area contributed by atoms with Crippen molar-refractivity contribution in [3.05, 3.63) is 83.1 Å². The molecule has 0 atom stereocenters. The van der Waals surface area contributed by atoms with Crippen LogP contribution >= 0.6 is 35.1 Å². The minimum absolute atomic E-state index is 0.0540. The monoisotopic (exact) mass is 508 g/mol. The Morgan fingerprint density at radius 2 is 1.79 bits per heavy atom. The molecule has 0 bridgehead atoms. The molecule has 0 radical (unpaired) electrons. The Balaban J connectivity index is 1.30. The van der Waals surface area contributed by atoms with E-state index in [1.165, 1.54) is 17.3 Å². The second-order valence-electron chi connectivity index (χ2n) is 7.76. The smallest absolute Gasteiger partial charge is 0.242 e. The third-order valence-corrected chi connectivity index (χ3v) is 7.75. The normalized spacial score (nSPS) is 12.3. The van der Waals surface area contributed by atoms with Crippen LogP contribution in [0.2, 0.25) is 5.02 Å². The third-order valence-electron chi connectivity index (χ3n) is 5.38. The van der Waals surface area contributed by atoms with E-state index in [2.05, 4.69) is 10.2 Å². The first-order valence-corrected chi connectivity index (χ1v) is 12.8. The zero-order valence-corrected chi connectivity index (χ0v) is 21.0. The summed E-state index contributed by atoms with van der Waals surface area (Å²) in [6, 6.07) is 21.4. The number of aromatic nitrogens is 3. The van der Waals surface area contributed by atoms with Gasteiger partial charge in [-0.15, -0.1) is 10.2 Å². The highest BCUT2D eigenvalue weighted by Crippen LogP contribution is 2.49. The van der Waals surface area contributed by atoms with Gasteiger partial charge in [-0.25, -0.2) is 0 Å². The van der Waals surface area contributed by atoms with Crippen molar-refractivity contribution in [3.63, 3.8) is 0 Å². The molecule has 0 N–H and O–H groups in total. The van der Waals surface area contributed by atoms with E-state index in [9.17, 15) is 4.79 Å². The van der Waals surface area contributed by atoms with E-state index in [0.29, 0.717) is 22.6 Å². The minimum Gasteiger partial charge on any atom is -0.486 e. The topological polar surface area (TPSA) is 60.3 Å². The van der Waals surface area contributed by atoms with E-state index in [1.54, 1.807) is 16.7 Å². The second kappa shape index (κ2) is 9.74. The van der Waals surface area contributed by atoms with Crippen LogP contribution in [-0.4, -0.2) is 26.4 Å². The number of hydrogen-bond acceptors (Lipinski definition) is 6. The molecule has 1 aromatic heterocycles. The van der Waals surface area contributed by atoms with E-state index in [4.69, 9.17) is 16.3 Å².